The molecule has 0 saturated heterocycles. The van der Waals surface area contributed by atoms with Crippen LogP contribution in [0.4, 0.5) is 0 Å². The van der Waals surface area contributed by atoms with Crippen molar-refractivity contribution in [1.29, 1.82) is 0 Å². The fraction of sp³-hybridized carbons (Fsp3) is 0.0625. The number of benzene rings is 7. The standard InChI is InChI=1S/C48H37N6/c1-32-44(47-49-39-26-14-17-29-42(39)52(47)36-20-7-4-8-21-36)33(2)46(51-31-35-19-13-16-28-41(35)54(51)38-24-11-6-12-25-38)34(3)45(32)48-50-40-27-15-18-30-43(40)53(48)37-22-9-5-10-23-37/h4-31H,1-3H3/q+1. The fourth-order valence-corrected chi connectivity index (χ4v) is 8.38. The third-order valence-electron chi connectivity index (χ3n) is 10.7. The van der Waals surface area contributed by atoms with Gasteiger partial charge in [0.25, 0.3) is 0 Å². The number of hydrogen-bond acceptors (Lipinski definition) is 2. The molecule has 3 aromatic heterocycles. The average molecular weight is 698 g/mol. The number of imidazole rings is 2. The molecule has 3 heterocycles. The topological polar surface area (TPSA) is 44.4 Å². The first-order valence-corrected chi connectivity index (χ1v) is 18.4. The molecule has 6 nitrogen and oxygen atoms in total. The van der Waals surface area contributed by atoms with Gasteiger partial charge >= 0.3 is 0 Å². The smallest absolute Gasteiger partial charge is 0.243 e. The molecule has 0 aliphatic heterocycles. The molecule has 0 aliphatic rings. The Morgan fingerprint density at radius 1 is 0.407 bits per heavy atom. The van der Waals surface area contributed by atoms with E-state index >= 15 is 0 Å². The summed E-state index contributed by atoms with van der Waals surface area (Å²) >= 11 is 0. The SMILES string of the molecule is Cc1c(-c2nc3ccccc3n2-c2ccccc2)c(C)c(-[n+]2cc3ccccc3n2-c2ccccc2)c(C)c1-c1nc2ccccc2n1-c1ccccc1. The molecule has 0 aliphatic carbocycles. The number of nitrogens with zero attached hydrogens (tertiary/aromatic N) is 6. The molecule has 0 N–H and O–H groups in total. The zero-order valence-corrected chi connectivity index (χ0v) is 30.3. The summed E-state index contributed by atoms with van der Waals surface area (Å²) < 4.78 is 9.28. The summed E-state index contributed by atoms with van der Waals surface area (Å²) in [7, 11) is 0. The van der Waals surface area contributed by atoms with Crippen LogP contribution in [-0.4, -0.2) is 23.8 Å². The van der Waals surface area contributed by atoms with Crippen molar-refractivity contribution >= 4 is 33.0 Å². The molecule has 0 amide bonds. The van der Waals surface area contributed by atoms with Gasteiger partial charge in [0.15, 0.2) is 0 Å². The summed E-state index contributed by atoms with van der Waals surface area (Å²) in [4.78, 5) is 10.9. The lowest BCUT2D eigenvalue weighted by molar-refractivity contribution is -0.672. The summed E-state index contributed by atoms with van der Waals surface area (Å²) in [6, 6.07) is 57.2. The number of hydrogen-bond donors (Lipinski definition) is 0. The van der Waals surface area contributed by atoms with Crippen LogP contribution >= 0.6 is 0 Å². The molecule has 0 unspecified atom stereocenters. The van der Waals surface area contributed by atoms with E-state index in [-0.39, 0.29) is 0 Å². The molecule has 7 aromatic carbocycles. The summed E-state index contributed by atoms with van der Waals surface area (Å²) in [5.74, 6) is 1.79. The number of rotatable bonds is 6. The molecular formula is C48H37N6+. The number of fused-ring (bicyclic) bond motifs is 3. The van der Waals surface area contributed by atoms with Crippen LogP contribution in [0.1, 0.15) is 16.7 Å². The van der Waals surface area contributed by atoms with Crippen LogP contribution in [0, 0.1) is 20.8 Å². The molecule has 0 fully saturated rings. The van der Waals surface area contributed by atoms with E-state index in [1.807, 2.05) is 0 Å². The fourth-order valence-electron chi connectivity index (χ4n) is 8.38. The molecular weight excluding hydrogens is 661 g/mol. The van der Waals surface area contributed by atoms with Crippen molar-refractivity contribution in [3.63, 3.8) is 0 Å². The van der Waals surface area contributed by atoms with E-state index in [1.54, 1.807) is 0 Å². The molecule has 10 rings (SSSR count). The molecule has 258 valence electrons. The van der Waals surface area contributed by atoms with Crippen LogP contribution in [0.5, 0.6) is 0 Å². The molecule has 0 atom stereocenters. The van der Waals surface area contributed by atoms with Gasteiger partial charge in [-0.05, 0) is 99.1 Å². The lowest BCUT2D eigenvalue weighted by Crippen LogP contribution is -2.41. The van der Waals surface area contributed by atoms with Gasteiger partial charge in [0.2, 0.25) is 11.9 Å². The lowest BCUT2D eigenvalue weighted by Gasteiger charge is -2.21. The molecule has 6 heteroatoms. The Kier molecular flexibility index (Phi) is 7.37. The van der Waals surface area contributed by atoms with Crippen LogP contribution in [0.3, 0.4) is 0 Å². The second-order valence-corrected chi connectivity index (χ2v) is 13.8. The Balaban J connectivity index is 1.39. The van der Waals surface area contributed by atoms with E-state index in [4.69, 9.17) is 9.97 Å². The third kappa shape index (κ3) is 4.84. The van der Waals surface area contributed by atoms with Crippen molar-refractivity contribution in [2.45, 2.75) is 20.8 Å². The van der Waals surface area contributed by atoms with Gasteiger partial charge < -0.3 is 0 Å². The zero-order valence-electron chi connectivity index (χ0n) is 30.3. The quantitative estimate of drug-likeness (QED) is 0.162. The average Bonchev–Trinajstić information content (AvgIpc) is 3.90. The van der Waals surface area contributed by atoms with Gasteiger partial charge in [0, 0.05) is 33.6 Å². The van der Waals surface area contributed by atoms with Crippen molar-refractivity contribution < 1.29 is 4.68 Å². The molecule has 0 radical (unpaired) electrons. The summed E-state index contributed by atoms with van der Waals surface area (Å²) in [5, 5.41) is 1.15. The monoisotopic (exact) mass is 697 g/mol. The highest BCUT2D eigenvalue weighted by Crippen LogP contribution is 2.43. The summed E-state index contributed by atoms with van der Waals surface area (Å²) in [5.41, 5.74) is 15.0. The molecule has 0 spiro atoms. The predicted octanol–water partition coefficient (Wildman–Crippen LogP) is 10.8. The van der Waals surface area contributed by atoms with Crippen LogP contribution in [0.2, 0.25) is 0 Å². The van der Waals surface area contributed by atoms with E-state index in [0.29, 0.717) is 0 Å². The Hall–Kier alpha value is -7.05. The maximum Gasteiger partial charge on any atom is 0.243 e. The highest BCUT2D eigenvalue weighted by Gasteiger charge is 2.33. The second kappa shape index (κ2) is 12.6. The first kappa shape index (κ1) is 31.7. The molecule has 0 bridgehead atoms. The summed E-state index contributed by atoms with van der Waals surface area (Å²) in [6.45, 7) is 6.75. The third-order valence-corrected chi connectivity index (χ3v) is 10.7. The maximum absolute atomic E-state index is 5.45. The van der Waals surface area contributed by atoms with E-state index < -0.39 is 0 Å². The number of aromatic nitrogens is 6. The van der Waals surface area contributed by atoms with Gasteiger partial charge in [-0.3, -0.25) is 9.13 Å². The highest BCUT2D eigenvalue weighted by atomic mass is 15.4. The number of para-hydroxylation sites is 8. The Morgan fingerprint density at radius 3 is 1.31 bits per heavy atom. The Bertz CT molecular complexity index is 2660. The van der Waals surface area contributed by atoms with Crippen LogP contribution in [-0.2, 0) is 0 Å². The molecule has 10 aromatic rings. The molecule has 54 heavy (non-hydrogen) atoms. The van der Waals surface area contributed by atoms with E-state index in [2.05, 4.69) is 209 Å². The minimum Gasteiger partial charge on any atom is -0.292 e. The highest BCUT2D eigenvalue weighted by molar-refractivity contribution is 5.91. The van der Waals surface area contributed by atoms with Crippen LogP contribution in [0.15, 0.2) is 170 Å². The van der Waals surface area contributed by atoms with Gasteiger partial charge in [-0.2, -0.15) is 0 Å². The van der Waals surface area contributed by atoms with Crippen molar-refractivity contribution in [2.75, 3.05) is 0 Å². The van der Waals surface area contributed by atoms with Crippen molar-refractivity contribution in [3.05, 3.63) is 187 Å². The Labute approximate surface area is 313 Å². The van der Waals surface area contributed by atoms with Crippen molar-refractivity contribution in [2.24, 2.45) is 0 Å². The van der Waals surface area contributed by atoms with E-state index in [0.717, 1.165) is 95.2 Å². The van der Waals surface area contributed by atoms with Gasteiger partial charge in [-0.1, -0.05) is 95.7 Å². The Morgan fingerprint density at radius 2 is 0.815 bits per heavy atom. The van der Waals surface area contributed by atoms with E-state index in [9.17, 15) is 0 Å². The minimum atomic E-state index is 0.894. The van der Waals surface area contributed by atoms with Crippen molar-refractivity contribution in [1.82, 2.24) is 23.8 Å². The summed E-state index contributed by atoms with van der Waals surface area (Å²) in [6.07, 6.45) is 2.26. The van der Waals surface area contributed by atoms with Gasteiger partial charge in [0.05, 0.1) is 27.5 Å². The minimum absolute atomic E-state index is 0.894. The molecule has 0 saturated carbocycles. The zero-order chi connectivity index (χ0) is 36.3. The van der Waals surface area contributed by atoms with Gasteiger partial charge in [0.1, 0.15) is 22.9 Å². The van der Waals surface area contributed by atoms with Gasteiger partial charge in [-0.25, -0.2) is 9.97 Å². The largest absolute Gasteiger partial charge is 0.292 e. The normalized spacial score (nSPS) is 11.6. The predicted molar refractivity (Wildman–Crippen MR) is 219 cm³/mol. The second-order valence-electron chi connectivity index (χ2n) is 13.8. The van der Waals surface area contributed by atoms with Crippen LogP contribution in [0.25, 0.3) is 78.5 Å². The van der Waals surface area contributed by atoms with Crippen molar-refractivity contribution in [3.8, 4) is 45.5 Å². The maximum atomic E-state index is 5.45. The first-order chi connectivity index (χ1) is 26.6. The van der Waals surface area contributed by atoms with Crippen LogP contribution < -0.4 is 4.68 Å². The van der Waals surface area contributed by atoms with Gasteiger partial charge in [-0.15, -0.1) is 4.68 Å². The lowest BCUT2D eigenvalue weighted by atomic mass is 9.90. The first-order valence-electron chi connectivity index (χ1n) is 18.4. The van der Waals surface area contributed by atoms with E-state index in [1.165, 1.54) is 0 Å².